The van der Waals surface area contributed by atoms with Crippen LogP contribution in [-0.4, -0.2) is 19.3 Å². The molecule has 2 aromatic heterocycles. The van der Waals surface area contributed by atoms with Gasteiger partial charge in [-0.1, -0.05) is 24.3 Å². The zero-order valence-electron chi connectivity index (χ0n) is 12.0. The predicted molar refractivity (Wildman–Crippen MR) is 80.3 cm³/mol. The third-order valence-electron chi connectivity index (χ3n) is 3.64. The van der Waals surface area contributed by atoms with Crippen LogP contribution in [0.2, 0.25) is 0 Å². The van der Waals surface area contributed by atoms with Crippen LogP contribution in [0.15, 0.2) is 47.5 Å². The van der Waals surface area contributed by atoms with Crippen molar-refractivity contribution in [2.75, 3.05) is 0 Å². The third kappa shape index (κ3) is 2.48. The second-order valence-corrected chi connectivity index (χ2v) is 5.24. The summed E-state index contributed by atoms with van der Waals surface area (Å²) in [6.07, 6.45) is 2.67. The van der Waals surface area contributed by atoms with Crippen LogP contribution in [-0.2, 0) is 6.54 Å². The highest BCUT2D eigenvalue weighted by molar-refractivity contribution is 5.44. The molecular weight excluding hydrogens is 266 g/mol. The zero-order valence-corrected chi connectivity index (χ0v) is 12.0. The van der Waals surface area contributed by atoms with Crippen LogP contribution in [0.4, 0.5) is 0 Å². The molecule has 0 bridgehead atoms. The Balaban J connectivity index is 1.97. The average Bonchev–Trinajstić information content (AvgIpc) is 2.84. The highest BCUT2D eigenvalue weighted by Gasteiger charge is 2.13. The van der Waals surface area contributed by atoms with Gasteiger partial charge in [0.2, 0.25) is 0 Å². The Morgan fingerprint density at radius 1 is 1.24 bits per heavy atom. The van der Waals surface area contributed by atoms with Gasteiger partial charge in [0, 0.05) is 12.4 Å². The van der Waals surface area contributed by atoms with Crippen molar-refractivity contribution < 1.29 is 5.11 Å². The minimum atomic E-state index is -0.713. The normalized spacial score (nSPS) is 12.7. The van der Waals surface area contributed by atoms with Gasteiger partial charge >= 0.3 is 0 Å². The number of aromatic nitrogens is 3. The van der Waals surface area contributed by atoms with Gasteiger partial charge in [0.25, 0.3) is 5.56 Å². The Bertz CT molecular complexity index is 848. The molecule has 0 aliphatic heterocycles. The molecule has 1 unspecified atom stereocenters. The lowest BCUT2D eigenvalue weighted by molar-refractivity contribution is 0.154. The molecule has 0 amide bonds. The number of rotatable bonds is 3. The fourth-order valence-electron chi connectivity index (χ4n) is 2.54. The van der Waals surface area contributed by atoms with Gasteiger partial charge in [-0.3, -0.25) is 4.79 Å². The first-order valence-corrected chi connectivity index (χ1v) is 6.85. The molecule has 0 aliphatic rings. The van der Waals surface area contributed by atoms with Crippen LogP contribution in [0, 0.1) is 13.8 Å². The van der Waals surface area contributed by atoms with E-state index in [1.807, 2.05) is 38.1 Å². The van der Waals surface area contributed by atoms with E-state index in [9.17, 15) is 9.90 Å². The highest BCUT2D eigenvalue weighted by Crippen LogP contribution is 2.18. The largest absolute Gasteiger partial charge is 0.387 e. The van der Waals surface area contributed by atoms with E-state index in [1.54, 1.807) is 23.0 Å². The van der Waals surface area contributed by atoms with Gasteiger partial charge in [-0.15, -0.1) is 0 Å². The van der Waals surface area contributed by atoms with Crippen molar-refractivity contribution in [2.24, 2.45) is 0 Å². The van der Waals surface area contributed by atoms with Crippen molar-refractivity contribution in [3.05, 3.63) is 69.9 Å². The maximum absolute atomic E-state index is 12.4. The quantitative estimate of drug-likeness (QED) is 0.798. The number of hydrogen-bond donors (Lipinski definition) is 1. The van der Waals surface area contributed by atoms with Crippen LogP contribution in [0.25, 0.3) is 5.52 Å². The summed E-state index contributed by atoms with van der Waals surface area (Å²) in [5.74, 6) is 0. The molecule has 1 atom stereocenters. The summed E-state index contributed by atoms with van der Waals surface area (Å²) in [6, 6.07) is 9.40. The summed E-state index contributed by atoms with van der Waals surface area (Å²) < 4.78 is 3.09. The van der Waals surface area contributed by atoms with E-state index in [1.165, 1.54) is 4.57 Å². The van der Waals surface area contributed by atoms with Gasteiger partial charge in [0.1, 0.15) is 5.52 Å². The summed E-state index contributed by atoms with van der Waals surface area (Å²) in [5.41, 5.74) is 3.02. The summed E-state index contributed by atoms with van der Waals surface area (Å²) in [7, 11) is 0. The van der Waals surface area contributed by atoms with Crippen molar-refractivity contribution in [1.29, 1.82) is 0 Å². The fraction of sp³-hybridized carbons (Fsp3) is 0.250. The molecule has 3 aromatic rings. The first-order chi connectivity index (χ1) is 10.1. The SMILES string of the molecule is Cc1cc2c(=O)n(CC(O)c3ccccc3C)ccn2n1. The molecule has 0 spiro atoms. The molecule has 1 aromatic carbocycles. The molecule has 1 N–H and O–H groups in total. The molecule has 0 radical (unpaired) electrons. The van der Waals surface area contributed by atoms with Crippen LogP contribution < -0.4 is 5.56 Å². The first kappa shape index (κ1) is 13.6. The molecule has 0 fully saturated rings. The lowest BCUT2D eigenvalue weighted by Crippen LogP contribution is -2.24. The first-order valence-electron chi connectivity index (χ1n) is 6.85. The van der Waals surface area contributed by atoms with Gasteiger partial charge in [-0.25, -0.2) is 4.52 Å². The van der Waals surface area contributed by atoms with Crippen molar-refractivity contribution >= 4 is 5.52 Å². The predicted octanol–water partition coefficient (Wildman–Crippen LogP) is 1.85. The van der Waals surface area contributed by atoms with Crippen LogP contribution in [0.3, 0.4) is 0 Å². The number of fused-ring (bicyclic) bond motifs is 1. The average molecular weight is 283 g/mol. The zero-order chi connectivity index (χ0) is 15.0. The van der Waals surface area contributed by atoms with Gasteiger partial charge in [-0.05, 0) is 31.0 Å². The van der Waals surface area contributed by atoms with E-state index < -0.39 is 6.10 Å². The molecule has 0 saturated heterocycles. The summed E-state index contributed by atoms with van der Waals surface area (Å²) in [4.78, 5) is 12.4. The summed E-state index contributed by atoms with van der Waals surface area (Å²) in [5, 5.41) is 14.6. The molecule has 0 aliphatic carbocycles. The van der Waals surface area contributed by atoms with E-state index in [4.69, 9.17) is 0 Å². The number of aliphatic hydroxyl groups is 1. The number of aliphatic hydroxyl groups excluding tert-OH is 1. The molecular formula is C16H17N3O2. The minimum Gasteiger partial charge on any atom is -0.387 e. The van der Waals surface area contributed by atoms with Crippen LogP contribution >= 0.6 is 0 Å². The third-order valence-corrected chi connectivity index (χ3v) is 3.64. The Morgan fingerprint density at radius 2 is 2.00 bits per heavy atom. The molecule has 0 saturated carbocycles. The van der Waals surface area contributed by atoms with Crippen molar-refractivity contribution in [3.63, 3.8) is 0 Å². The standard InChI is InChI=1S/C16H17N3O2/c1-11-5-3-4-6-13(11)15(20)10-18-7-8-19-14(16(18)21)9-12(2)17-19/h3-9,15,20H,10H2,1-2H3. The van der Waals surface area contributed by atoms with Gasteiger partial charge in [0.05, 0.1) is 18.3 Å². The van der Waals surface area contributed by atoms with Crippen molar-refractivity contribution in [3.8, 4) is 0 Å². The van der Waals surface area contributed by atoms with E-state index in [0.717, 1.165) is 16.8 Å². The Kier molecular flexibility index (Phi) is 3.35. The highest BCUT2D eigenvalue weighted by atomic mass is 16.3. The van der Waals surface area contributed by atoms with E-state index in [-0.39, 0.29) is 12.1 Å². The lowest BCUT2D eigenvalue weighted by atomic mass is 10.0. The van der Waals surface area contributed by atoms with Gasteiger partial charge < -0.3 is 9.67 Å². The minimum absolute atomic E-state index is 0.147. The van der Waals surface area contributed by atoms with Crippen LogP contribution in [0.1, 0.15) is 22.9 Å². The smallest absolute Gasteiger partial charge is 0.276 e. The topological polar surface area (TPSA) is 59.5 Å². The molecule has 5 nitrogen and oxygen atoms in total. The van der Waals surface area contributed by atoms with Crippen molar-refractivity contribution in [1.82, 2.24) is 14.2 Å². The number of benzene rings is 1. The second kappa shape index (κ2) is 5.18. The molecule has 2 heterocycles. The molecule has 5 heteroatoms. The number of hydrogen-bond acceptors (Lipinski definition) is 3. The molecule has 108 valence electrons. The monoisotopic (exact) mass is 283 g/mol. The number of nitrogens with zero attached hydrogens (tertiary/aromatic N) is 3. The van der Waals surface area contributed by atoms with Gasteiger partial charge in [-0.2, -0.15) is 5.10 Å². The Morgan fingerprint density at radius 3 is 2.76 bits per heavy atom. The number of aryl methyl sites for hydroxylation is 2. The maximum atomic E-state index is 12.4. The molecule has 21 heavy (non-hydrogen) atoms. The van der Waals surface area contributed by atoms with Crippen molar-refractivity contribution in [2.45, 2.75) is 26.5 Å². The van der Waals surface area contributed by atoms with Gasteiger partial charge in [0.15, 0.2) is 0 Å². The Hall–Kier alpha value is -2.40. The molecule has 3 rings (SSSR count). The maximum Gasteiger partial charge on any atom is 0.276 e. The summed E-state index contributed by atoms with van der Waals surface area (Å²) in [6.45, 7) is 4.02. The lowest BCUT2D eigenvalue weighted by Gasteiger charge is -2.15. The van der Waals surface area contributed by atoms with E-state index in [2.05, 4.69) is 5.10 Å². The van der Waals surface area contributed by atoms with Crippen LogP contribution in [0.5, 0.6) is 0 Å². The summed E-state index contributed by atoms with van der Waals surface area (Å²) >= 11 is 0. The fourth-order valence-corrected chi connectivity index (χ4v) is 2.54. The van der Waals surface area contributed by atoms with E-state index in [0.29, 0.717) is 5.52 Å². The second-order valence-electron chi connectivity index (χ2n) is 5.24. The van der Waals surface area contributed by atoms with E-state index >= 15 is 0 Å². The Labute approximate surface area is 122 Å².